The maximum Gasteiger partial charge on any atom is 0.0663 e. The van der Waals surface area contributed by atoms with Gasteiger partial charge in [-0.1, -0.05) is 26.0 Å². The van der Waals surface area contributed by atoms with E-state index >= 15 is 0 Å². The smallest absolute Gasteiger partial charge is 0.0663 e. The van der Waals surface area contributed by atoms with Crippen molar-refractivity contribution < 1.29 is 4.74 Å². The molecule has 0 fully saturated rings. The van der Waals surface area contributed by atoms with Crippen molar-refractivity contribution in [1.29, 1.82) is 0 Å². The molecule has 0 saturated carbocycles. The fourth-order valence-corrected chi connectivity index (χ4v) is 1.78. The first-order valence-corrected chi connectivity index (χ1v) is 6.58. The van der Waals surface area contributed by atoms with Crippen LogP contribution in [0.5, 0.6) is 0 Å². The lowest BCUT2D eigenvalue weighted by Gasteiger charge is -2.26. The van der Waals surface area contributed by atoms with Crippen LogP contribution in [0.1, 0.15) is 26.3 Å². The number of anilines is 1. The summed E-state index contributed by atoms with van der Waals surface area (Å²) in [6, 6.07) is 9.61. The highest BCUT2D eigenvalue weighted by atomic mass is 16.5. The number of nitrogens with zero attached hydrogens (tertiary/aromatic N) is 1. The van der Waals surface area contributed by atoms with Crippen molar-refractivity contribution in [3.63, 3.8) is 0 Å². The Balaban J connectivity index is 2.58. The summed E-state index contributed by atoms with van der Waals surface area (Å²) in [5.41, 5.74) is 2.55. The van der Waals surface area contributed by atoms with Gasteiger partial charge < -0.3 is 15.0 Å². The normalized spacial score (nSPS) is 12.8. The summed E-state index contributed by atoms with van der Waals surface area (Å²) in [5.74, 6) is 0. The van der Waals surface area contributed by atoms with Crippen LogP contribution >= 0.6 is 0 Å². The van der Waals surface area contributed by atoms with E-state index in [4.69, 9.17) is 4.74 Å². The Labute approximate surface area is 111 Å². The van der Waals surface area contributed by atoms with Gasteiger partial charge in [-0.3, -0.25) is 0 Å². The van der Waals surface area contributed by atoms with Crippen molar-refractivity contribution >= 4 is 5.69 Å². The van der Waals surface area contributed by atoms with Crippen LogP contribution in [0.4, 0.5) is 5.69 Å². The van der Waals surface area contributed by atoms with Gasteiger partial charge in [0.2, 0.25) is 0 Å². The molecule has 1 rings (SSSR count). The molecule has 0 aliphatic rings. The predicted molar refractivity (Wildman–Crippen MR) is 78.2 cm³/mol. The van der Waals surface area contributed by atoms with Crippen LogP contribution in [0.2, 0.25) is 0 Å². The van der Waals surface area contributed by atoms with Crippen LogP contribution in [0.15, 0.2) is 24.3 Å². The highest BCUT2D eigenvalue weighted by Gasteiger charge is 2.09. The number of benzene rings is 1. The molecule has 0 amide bonds. The van der Waals surface area contributed by atoms with Gasteiger partial charge in [-0.15, -0.1) is 0 Å². The number of ether oxygens (including phenoxy) is 1. The third-order valence-corrected chi connectivity index (χ3v) is 3.13. The number of rotatable bonds is 7. The Hall–Kier alpha value is -1.06. The molecule has 1 aromatic carbocycles. The van der Waals surface area contributed by atoms with Crippen LogP contribution in [0.25, 0.3) is 0 Å². The van der Waals surface area contributed by atoms with E-state index in [0.717, 1.165) is 13.2 Å². The molecular weight excluding hydrogens is 224 g/mol. The van der Waals surface area contributed by atoms with Crippen molar-refractivity contribution in [2.24, 2.45) is 0 Å². The van der Waals surface area contributed by atoms with Gasteiger partial charge in [-0.25, -0.2) is 0 Å². The number of hydrogen-bond acceptors (Lipinski definition) is 3. The zero-order valence-corrected chi connectivity index (χ0v) is 12.2. The van der Waals surface area contributed by atoms with E-state index in [1.165, 1.54) is 11.3 Å². The second kappa shape index (κ2) is 7.39. The third-order valence-electron chi connectivity index (χ3n) is 3.13. The number of methoxy groups -OCH3 is 1. The van der Waals surface area contributed by atoms with E-state index < -0.39 is 0 Å². The van der Waals surface area contributed by atoms with Gasteiger partial charge in [0, 0.05) is 38.5 Å². The summed E-state index contributed by atoms with van der Waals surface area (Å²) < 4.78 is 5.18. The SMILES string of the molecule is COCC(C)N(C)c1ccc(CNC(C)C)cc1. The van der Waals surface area contributed by atoms with E-state index in [0.29, 0.717) is 12.1 Å². The molecular formula is C15H26N2O. The van der Waals surface area contributed by atoms with E-state index in [2.05, 4.69) is 62.3 Å². The summed E-state index contributed by atoms with van der Waals surface area (Å²) >= 11 is 0. The van der Waals surface area contributed by atoms with Crippen LogP contribution in [-0.2, 0) is 11.3 Å². The molecule has 0 bridgehead atoms. The van der Waals surface area contributed by atoms with Gasteiger partial charge in [-0.2, -0.15) is 0 Å². The first kappa shape index (κ1) is 15.0. The van der Waals surface area contributed by atoms with Gasteiger partial charge in [0.25, 0.3) is 0 Å². The van der Waals surface area contributed by atoms with E-state index in [1.807, 2.05) is 0 Å². The summed E-state index contributed by atoms with van der Waals surface area (Å²) in [7, 11) is 3.84. The van der Waals surface area contributed by atoms with Gasteiger partial charge in [0.1, 0.15) is 0 Å². The Morgan fingerprint density at radius 2 is 1.78 bits per heavy atom. The maximum atomic E-state index is 5.18. The molecule has 1 unspecified atom stereocenters. The number of nitrogens with one attached hydrogen (secondary N) is 1. The van der Waals surface area contributed by atoms with Crippen molar-refractivity contribution in [2.45, 2.75) is 39.4 Å². The third kappa shape index (κ3) is 4.67. The van der Waals surface area contributed by atoms with Crippen molar-refractivity contribution in [1.82, 2.24) is 5.32 Å². The van der Waals surface area contributed by atoms with E-state index in [-0.39, 0.29) is 0 Å². The standard InChI is InChI=1S/C15H26N2O/c1-12(2)16-10-14-6-8-15(9-7-14)17(4)13(3)11-18-5/h6-9,12-13,16H,10-11H2,1-5H3. The van der Waals surface area contributed by atoms with Crippen molar-refractivity contribution in [2.75, 3.05) is 25.7 Å². The van der Waals surface area contributed by atoms with E-state index in [9.17, 15) is 0 Å². The molecule has 102 valence electrons. The molecule has 0 heterocycles. The highest BCUT2D eigenvalue weighted by molar-refractivity contribution is 5.47. The average molecular weight is 250 g/mol. The molecule has 3 heteroatoms. The maximum absolute atomic E-state index is 5.18. The second-order valence-corrected chi connectivity index (χ2v) is 5.12. The topological polar surface area (TPSA) is 24.5 Å². The molecule has 3 nitrogen and oxygen atoms in total. The first-order chi connectivity index (χ1) is 8.54. The molecule has 0 radical (unpaired) electrons. The predicted octanol–water partition coefficient (Wildman–Crippen LogP) is 2.66. The van der Waals surface area contributed by atoms with Crippen LogP contribution in [-0.4, -0.2) is 32.8 Å². The summed E-state index contributed by atoms with van der Waals surface area (Å²) in [5, 5.41) is 3.42. The quantitative estimate of drug-likeness (QED) is 0.805. The molecule has 0 aliphatic heterocycles. The minimum Gasteiger partial charge on any atom is -0.383 e. The molecule has 0 spiro atoms. The minimum atomic E-state index is 0.384. The zero-order valence-electron chi connectivity index (χ0n) is 12.2. The molecule has 0 aromatic heterocycles. The Bertz CT molecular complexity index is 335. The molecule has 1 N–H and O–H groups in total. The van der Waals surface area contributed by atoms with Crippen LogP contribution < -0.4 is 10.2 Å². The summed E-state index contributed by atoms with van der Waals surface area (Å²) in [4.78, 5) is 2.24. The Morgan fingerprint density at radius 3 is 2.28 bits per heavy atom. The number of hydrogen-bond donors (Lipinski definition) is 1. The monoisotopic (exact) mass is 250 g/mol. The van der Waals surface area contributed by atoms with Crippen LogP contribution in [0, 0.1) is 0 Å². The minimum absolute atomic E-state index is 0.384. The van der Waals surface area contributed by atoms with E-state index in [1.54, 1.807) is 7.11 Å². The summed E-state index contributed by atoms with van der Waals surface area (Å²) in [6.45, 7) is 8.16. The van der Waals surface area contributed by atoms with Crippen molar-refractivity contribution in [3.8, 4) is 0 Å². The fourth-order valence-electron chi connectivity index (χ4n) is 1.78. The number of likely N-dealkylation sites (N-methyl/N-ethyl adjacent to an activating group) is 1. The van der Waals surface area contributed by atoms with Crippen molar-refractivity contribution in [3.05, 3.63) is 29.8 Å². The van der Waals surface area contributed by atoms with Gasteiger partial charge in [-0.05, 0) is 24.6 Å². The Morgan fingerprint density at radius 1 is 1.17 bits per heavy atom. The van der Waals surface area contributed by atoms with Gasteiger partial charge in [0.05, 0.1) is 6.61 Å². The van der Waals surface area contributed by atoms with Gasteiger partial charge in [0.15, 0.2) is 0 Å². The summed E-state index contributed by atoms with van der Waals surface area (Å²) in [6.07, 6.45) is 0. The average Bonchev–Trinajstić information content (AvgIpc) is 2.36. The van der Waals surface area contributed by atoms with Crippen LogP contribution in [0.3, 0.4) is 0 Å². The zero-order chi connectivity index (χ0) is 13.5. The molecule has 0 aliphatic carbocycles. The molecule has 18 heavy (non-hydrogen) atoms. The second-order valence-electron chi connectivity index (χ2n) is 5.12. The molecule has 1 atom stereocenters. The Kier molecular flexibility index (Phi) is 6.16. The lowest BCUT2D eigenvalue weighted by atomic mass is 10.1. The molecule has 0 saturated heterocycles. The molecule has 1 aromatic rings. The van der Waals surface area contributed by atoms with Gasteiger partial charge >= 0.3 is 0 Å². The largest absolute Gasteiger partial charge is 0.383 e. The highest BCUT2D eigenvalue weighted by Crippen LogP contribution is 2.16. The lowest BCUT2D eigenvalue weighted by Crippen LogP contribution is -2.32. The lowest BCUT2D eigenvalue weighted by molar-refractivity contribution is 0.183. The first-order valence-electron chi connectivity index (χ1n) is 6.58. The fraction of sp³-hybridized carbons (Fsp3) is 0.600.